The van der Waals surface area contributed by atoms with Crippen LogP contribution in [0.25, 0.3) is 0 Å². The van der Waals surface area contributed by atoms with Crippen LogP contribution in [-0.4, -0.2) is 52.3 Å². The molecule has 0 heterocycles. The molecule has 0 saturated carbocycles. The normalized spacial score (nSPS) is 11.8. The predicted molar refractivity (Wildman–Crippen MR) is 67.6 cm³/mol. The lowest BCUT2D eigenvalue weighted by Crippen LogP contribution is -2.29. The average molecular weight is 327 g/mol. The van der Waals surface area contributed by atoms with Crippen molar-refractivity contribution in [2.45, 2.75) is 38.7 Å². The van der Waals surface area contributed by atoms with Gasteiger partial charge in [-0.1, -0.05) is 13.8 Å². The molecular weight excluding hydrogens is 306 g/mol. The quantitative estimate of drug-likeness (QED) is 0.369. The first-order valence-electron chi connectivity index (χ1n) is 5.00. The number of hydrogen-bond acceptors (Lipinski definition) is 6. The summed E-state index contributed by atoms with van der Waals surface area (Å²) >= 11 is 0. The van der Waals surface area contributed by atoms with Crippen LogP contribution in [0.3, 0.4) is 0 Å². The van der Waals surface area contributed by atoms with Crippen LogP contribution in [0.15, 0.2) is 0 Å². The van der Waals surface area contributed by atoms with E-state index < -0.39 is 26.4 Å². The molecule has 120 valence electrons. The van der Waals surface area contributed by atoms with Gasteiger partial charge in [0, 0.05) is 0 Å². The Balaban J connectivity index is -0.000000219. The summed E-state index contributed by atoms with van der Waals surface area (Å²) in [5, 5.41) is 9.55. The van der Waals surface area contributed by atoms with Crippen molar-refractivity contribution < 1.29 is 40.2 Å². The van der Waals surface area contributed by atoms with Crippen molar-refractivity contribution in [3.05, 3.63) is 0 Å². The molecule has 0 aromatic rings. The van der Waals surface area contributed by atoms with Gasteiger partial charge in [0.2, 0.25) is 0 Å². The Morgan fingerprint density at radius 1 is 0.895 bits per heavy atom. The van der Waals surface area contributed by atoms with Crippen LogP contribution in [0.4, 0.5) is 0 Å². The fourth-order valence-electron chi connectivity index (χ4n) is 0.872. The Morgan fingerprint density at radius 2 is 1.11 bits per heavy atom. The van der Waals surface area contributed by atoms with E-state index in [4.69, 9.17) is 40.8 Å². The van der Waals surface area contributed by atoms with Gasteiger partial charge in [-0.05, 0) is 25.8 Å². The summed E-state index contributed by atoms with van der Waals surface area (Å²) in [6.45, 7) is 4.55. The van der Waals surface area contributed by atoms with Gasteiger partial charge in [-0.25, -0.2) is 0 Å². The lowest BCUT2D eigenvalue weighted by Gasteiger charge is -2.23. The molecule has 0 fully saturated rings. The molecule has 0 aliphatic heterocycles. The van der Waals surface area contributed by atoms with Crippen LogP contribution in [0.5, 0.6) is 0 Å². The van der Waals surface area contributed by atoms with Gasteiger partial charge in [0.25, 0.3) is 0 Å². The summed E-state index contributed by atoms with van der Waals surface area (Å²) in [5.41, 5.74) is 4.81. The molecule has 10 nitrogen and oxygen atoms in total. The Bertz CT molecular complexity index is 352. The maximum atomic E-state index is 9.55. The van der Waals surface area contributed by atoms with Crippen molar-refractivity contribution >= 4 is 20.8 Å². The summed E-state index contributed by atoms with van der Waals surface area (Å²) in [7, 11) is -9.33. The van der Waals surface area contributed by atoms with Gasteiger partial charge >= 0.3 is 20.8 Å². The summed E-state index contributed by atoms with van der Waals surface area (Å²) < 4.78 is 63.2. The second kappa shape index (κ2) is 10.4. The molecule has 0 aliphatic rings. The average Bonchev–Trinajstić information content (AvgIpc) is 2.13. The van der Waals surface area contributed by atoms with E-state index in [1.165, 1.54) is 0 Å². The van der Waals surface area contributed by atoms with E-state index in [0.29, 0.717) is 6.54 Å². The van der Waals surface area contributed by atoms with E-state index in [-0.39, 0.29) is 0 Å². The Hall–Kier alpha value is -0.340. The SMILES string of the molecule is CCC(O)(CC)CCN.O=S(=O)(O)O.O=S(=O)(O)O. The van der Waals surface area contributed by atoms with E-state index in [9.17, 15) is 5.11 Å². The van der Waals surface area contributed by atoms with Crippen LogP contribution in [0.2, 0.25) is 0 Å². The van der Waals surface area contributed by atoms with Crippen molar-refractivity contribution in [2.24, 2.45) is 5.73 Å². The fraction of sp³-hybridized carbons (Fsp3) is 1.00. The zero-order chi connectivity index (χ0) is 16.3. The molecule has 19 heavy (non-hydrogen) atoms. The molecule has 0 aliphatic carbocycles. The second-order valence-corrected chi connectivity index (χ2v) is 5.16. The van der Waals surface area contributed by atoms with Gasteiger partial charge in [0.1, 0.15) is 0 Å². The monoisotopic (exact) mass is 327 g/mol. The van der Waals surface area contributed by atoms with Crippen LogP contribution in [-0.2, 0) is 20.8 Å². The highest BCUT2D eigenvalue weighted by molar-refractivity contribution is 7.80. The minimum Gasteiger partial charge on any atom is -0.390 e. The molecule has 0 saturated heterocycles. The minimum absolute atomic E-state index is 0.491. The Kier molecular flexibility index (Phi) is 13.0. The van der Waals surface area contributed by atoms with Gasteiger partial charge in [0.15, 0.2) is 0 Å². The smallest absolute Gasteiger partial charge is 0.390 e. The first kappa shape index (κ1) is 23.7. The molecule has 0 rings (SSSR count). The maximum Gasteiger partial charge on any atom is 0.394 e. The summed E-state index contributed by atoms with van der Waals surface area (Å²) in [4.78, 5) is 0. The zero-order valence-electron chi connectivity index (χ0n) is 10.6. The second-order valence-electron chi connectivity index (χ2n) is 3.37. The van der Waals surface area contributed by atoms with Gasteiger partial charge < -0.3 is 10.8 Å². The van der Waals surface area contributed by atoms with Gasteiger partial charge in [-0.15, -0.1) is 0 Å². The highest BCUT2D eigenvalue weighted by Gasteiger charge is 2.19. The van der Waals surface area contributed by atoms with Crippen molar-refractivity contribution in [3.63, 3.8) is 0 Å². The molecule has 0 spiro atoms. The van der Waals surface area contributed by atoms with E-state index in [2.05, 4.69) is 0 Å². The van der Waals surface area contributed by atoms with Crippen LogP contribution >= 0.6 is 0 Å². The largest absolute Gasteiger partial charge is 0.394 e. The van der Waals surface area contributed by atoms with Crippen molar-refractivity contribution in [3.8, 4) is 0 Å². The van der Waals surface area contributed by atoms with E-state index in [0.717, 1.165) is 19.3 Å². The highest BCUT2D eigenvalue weighted by atomic mass is 32.3. The standard InChI is InChI=1S/C7H17NO.2H2O4S/c1-3-7(9,4-2)5-6-8;2*1-5(2,3)4/h9H,3-6,8H2,1-2H3;2*(H2,1,2,3,4). The summed E-state index contributed by atoms with van der Waals surface area (Å²) in [5.74, 6) is 0. The van der Waals surface area contributed by atoms with Gasteiger partial charge in [0.05, 0.1) is 5.60 Å². The number of aliphatic hydroxyl groups is 1. The van der Waals surface area contributed by atoms with Gasteiger partial charge in [-0.2, -0.15) is 16.8 Å². The topological polar surface area (TPSA) is 195 Å². The maximum absolute atomic E-state index is 9.55. The first-order valence-corrected chi connectivity index (χ1v) is 7.80. The van der Waals surface area contributed by atoms with Crippen LogP contribution in [0, 0.1) is 0 Å². The molecule has 12 heteroatoms. The molecule has 0 aromatic carbocycles. The van der Waals surface area contributed by atoms with E-state index >= 15 is 0 Å². The lowest BCUT2D eigenvalue weighted by atomic mass is 9.94. The van der Waals surface area contributed by atoms with Crippen molar-refractivity contribution in [2.75, 3.05) is 6.54 Å². The Morgan fingerprint density at radius 3 is 1.16 bits per heavy atom. The molecule has 0 radical (unpaired) electrons. The molecule has 7 N–H and O–H groups in total. The third kappa shape index (κ3) is 46.4. The van der Waals surface area contributed by atoms with Crippen molar-refractivity contribution in [1.82, 2.24) is 0 Å². The van der Waals surface area contributed by atoms with Crippen molar-refractivity contribution in [1.29, 1.82) is 0 Å². The third-order valence-electron chi connectivity index (χ3n) is 1.93. The minimum atomic E-state index is -4.67. The summed E-state index contributed by atoms with van der Waals surface area (Å²) in [6.07, 6.45) is 2.33. The van der Waals surface area contributed by atoms with Gasteiger partial charge in [-0.3, -0.25) is 18.2 Å². The highest BCUT2D eigenvalue weighted by Crippen LogP contribution is 2.17. The van der Waals surface area contributed by atoms with E-state index in [1.54, 1.807) is 0 Å². The third-order valence-corrected chi connectivity index (χ3v) is 1.93. The summed E-state index contributed by atoms with van der Waals surface area (Å²) in [6, 6.07) is 0. The fourth-order valence-corrected chi connectivity index (χ4v) is 0.872. The zero-order valence-corrected chi connectivity index (χ0v) is 12.2. The van der Waals surface area contributed by atoms with Crippen LogP contribution in [0.1, 0.15) is 33.1 Å². The Labute approximate surface area is 112 Å². The number of rotatable bonds is 4. The molecule has 0 bridgehead atoms. The predicted octanol–water partition coefficient (Wildman–Crippen LogP) is -0.419. The first-order chi connectivity index (χ1) is 8.18. The molecule has 0 atom stereocenters. The molecule has 0 amide bonds. The molecule has 0 aromatic heterocycles. The van der Waals surface area contributed by atoms with Crippen LogP contribution < -0.4 is 5.73 Å². The van der Waals surface area contributed by atoms with E-state index in [1.807, 2.05) is 13.8 Å². The number of hydrogen-bond donors (Lipinski definition) is 6. The lowest BCUT2D eigenvalue weighted by molar-refractivity contribution is 0.0261. The number of nitrogens with two attached hydrogens (primary N) is 1. The molecular formula is C7H21NO9S2. The molecule has 0 unspecified atom stereocenters.